The second-order valence-corrected chi connectivity index (χ2v) is 5.16. The Morgan fingerprint density at radius 1 is 1.00 bits per heavy atom. The summed E-state index contributed by atoms with van der Waals surface area (Å²) < 4.78 is 16.2. The van der Waals surface area contributed by atoms with Gasteiger partial charge in [0.05, 0.1) is 0 Å². The average Bonchev–Trinajstić information content (AvgIpc) is 2.40. The Hall–Kier alpha value is -1.54. The van der Waals surface area contributed by atoms with Crippen LogP contribution in [0.3, 0.4) is 0 Å². The summed E-state index contributed by atoms with van der Waals surface area (Å²) in [5.74, 6) is 0. The molecule has 19 heavy (non-hydrogen) atoms. The van der Waals surface area contributed by atoms with Crippen LogP contribution in [0.1, 0.15) is 28.4 Å². The number of benzene rings is 2. The van der Waals surface area contributed by atoms with Crippen molar-refractivity contribution in [3.8, 4) is 0 Å². The lowest BCUT2D eigenvalue weighted by molar-refractivity contribution is 0.226. The largest absolute Gasteiger partial charge is 0.695 e. The maximum Gasteiger partial charge on any atom is 0.695 e. The van der Waals surface area contributed by atoms with Crippen LogP contribution in [0.25, 0.3) is 0 Å². The molecule has 2 atom stereocenters. The summed E-state index contributed by atoms with van der Waals surface area (Å²) in [6.07, 6.45) is -0.519. The highest BCUT2D eigenvalue weighted by molar-refractivity contribution is 7.32. The lowest BCUT2D eigenvalue weighted by Gasteiger charge is -2.13. The number of hydrogen-bond acceptors (Lipinski definition) is 2. The molecule has 0 bridgehead atoms. The van der Waals surface area contributed by atoms with Crippen molar-refractivity contribution in [3.63, 3.8) is 0 Å². The van der Waals surface area contributed by atoms with Crippen molar-refractivity contribution < 1.29 is 14.0 Å². The van der Waals surface area contributed by atoms with E-state index >= 15 is 0 Å². The van der Waals surface area contributed by atoms with E-state index in [1.807, 2.05) is 62.4 Å². The van der Waals surface area contributed by atoms with Gasteiger partial charge in [-0.1, -0.05) is 48.5 Å². The summed E-state index contributed by atoms with van der Waals surface area (Å²) >= 11 is 0. The predicted octanol–water partition coefficient (Wildman–Crippen LogP) is 4.06. The number of aryl methyl sites for hydroxylation is 2. The van der Waals surface area contributed by atoms with E-state index in [4.69, 9.17) is 9.42 Å². The highest BCUT2D eigenvalue weighted by Gasteiger charge is 2.26. The summed E-state index contributed by atoms with van der Waals surface area (Å²) in [6, 6.07) is 15.4. The fourth-order valence-electron chi connectivity index (χ4n) is 1.96. The van der Waals surface area contributed by atoms with Crippen LogP contribution in [0.5, 0.6) is 0 Å². The molecule has 0 aliphatic rings. The second-order valence-electron chi connectivity index (χ2n) is 4.48. The predicted molar refractivity (Wildman–Crippen MR) is 75.1 cm³/mol. The molecule has 2 unspecified atom stereocenters. The first-order valence-electron chi connectivity index (χ1n) is 6.03. The van der Waals surface area contributed by atoms with E-state index in [9.17, 15) is 4.57 Å². The van der Waals surface area contributed by atoms with Gasteiger partial charge in [0.15, 0.2) is 6.10 Å². The Morgan fingerprint density at radius 2 is 1.68 bits per heavy atom. The van der Waals surface area contributed by atoms with E-state index in [2.05, 4.69) is 0 Å². The van der Waals surface area contributed by atoms with Gasteiger partial charge in [0.1, 0.15) is 0 Å². The molecule has 2 aromatic rings. The molecule has 98 valence electrons. The van der Waals surface area contributed by atoms with E-state index in [0.717, 1.165) is 16.7 Å². The van der Waals surface area contributed by atoms with Gasteiger partial charge in [-0.2, -0.15) is 0 Å². The molecular formula is C15H16O3P+. The summed E-state index contributed by atoms with van der Waals surface area (Å²) in [7, 11) is -2.65. The van der Waals surface area contributed by atoms with Crippen LogP contribution < -0.4 is 0 Å². The van der Waals surface area contributed by atoms with Crippen LogP contribution in [0.15, 0.2) is 48.5 Å². The Kier molecular flexibility index (Phi) is 4.43. The molecule has 0 radical (unpaired) electrons. The Balaban J connectivity index is 2.42. The molecule has 0 spiro atoms. The maximum atomic E-state index is 11.0. The standard InChI is InChI=1S/C15H15O3P/c1-11-8-9-14(10-12(11)2)15(18-19(16)17)13-6-4-3-5-7-13/h3-10,15H,1-2H3/p+1. The average molecular weight is 275 g/mol. The van der Waals surface area contributed by atoms with Crippen molar-refractivity contribution in [1.82, 2.24) is 0 Å². The SMILES string of the molecule is Cc1ccc(C(O[P+](=O)O)c2ccccc2)cc1C. The van der Waals surface area contributed by atoms with Gasteiger partial charge < -0.3 is 0 Å². The molecular weight excluding hydrogens is 259 g/mol. The minimum atomic E-state index is -2.65. The van der Waals surface area contributed by atoms with E-state index in [1.165, 1.54) is 5.56 Å². The summed E-state index contributed by atoms with van der Waals surface area (Å²) in [6.45, 7) is 4.05. The molecule has 0 fully saturated rings. The van der Waals surface area contributed by atoms with E-state index in [0.29, 0.717) is 0 Å². The minimum absolute atomic E-state index is 0.519. The van der Waals surface area contributed by atoms with Crippen LogP contribution in [0, 0.1) is 13.8 Å². The number of rotatable bonds is 4. The fourth-order valence-corrected chi connectivity index (χ4v) is 2.38. The zero-order valence-electron chi connectivity index (χ0n) is 10.9. The van der Waals surface area contributed by atoms with Gasteiger partial charge in [0, 0.05) is 4.57 Å². The highest BCUT2D eigenvalue weighted by atomic mass is 31.1. The Labute approximate surface area is 113 Å². The van der Waals surface area contributed by atoms with Crippen molar-refractivity contribution in [2.45, 2.75) is 20.0 Å². The lowest BCUT2D eigenvalue weighted by Crippen LogP contribution is -2.03. The van der Waals surface area contributed by atoms with Gasteiger partial charge in [-0.15, -0.1) is 9.42 Å². The van der Waals surface area contributed by atoms with Crippen molar-refractivity contribution in [3.05, 3.63) is 70.8 Å². The lowest BCUT2D eigenvalue weighted by atomic mass is 9.98. The van der Waals surface area contributed by atoms with E-state index in [1.54, 1.807) is 0 Å². The van der Waals surface area contributed by atoms with Crippen molar-refractivity contribution >= 4 is 8.25 Å². The fraction of sp³-hybridized carbons (Fsp3) is 0.200. The molecule has 0 saturated heterocycles. The third-order valence-corrected chi connectivity index (χ3v) is 3.52. The van der Waals surface area contributed by atoms with Crippen LogP contribution in [-0.4, -0.2) is 4.89 Å². The third-order valence-electron chi connectivity index (χ3n) is 3.13. The van der Waals surface area contributed by atoms with Gasteiger partial charge in [-0.25, -0.2) is 0 Å². The van der Waals surface area contributed by atoms with Crippen LogP contribution in [0.4, 0.5) is 0 Å². The van der Waals surface area contributed by atoms with E-state index < -0.39 is 14.4 Å². The molecule has 1 N–H and O–H groups in total. The zero-order chi connectivity index (χ0) is 13.8. The third kappa shape index (κ3) is 3.48. The first kappa shape index (κ1) is 13.9. The van der Waals surface area contributed by atoms with Crippen molar-refractivity contribution in [2.75, 3.05) is 0 Å². The normalized spacial score (nSPS) is 13.1. The molecule has 0 aromatic heterocycles. The van der Waals surface area contributed by atoms with Crippen molar-refractivity contribution in [1.29, 1.82) is 0 Å². The topological polar surface area (TPSA) is 46.5 Å². The first-order valence-corrected chi connectivity index (χ1v) is 7.16. The van der Waals surface area contributed by atoms with Gasteiger partial charge in [-0.3, -0.25) is 0 Å². The molecule has 0 saturated carbocycles. The van der Waals surface area contributed by atoms with Gasteiger partial charge in [0.2, 0.25) is 0 Å². The summed E-state index contributed by atoms with van der Waals surface area (Å²) in [5, 5.41) is 0. The Morgan fingerprint density at radius 3 is 2.26 bits per heavy atom. The monoisotopic (exact) mass is 275 g/mol. The molecule has 0 heterocycles. The smallest absolute Gasteiger partial charge is 0.133 e. The van der Waals surface area contributed by atoms with Gasteiger partial charge >= 0.3 is 8.25 Å². The van der Waals surface area contributed by atoms with Crippen LogP contribution >= 0.6 is 8.25 Å². The molecule has 3 nitrogen and oxygen atoms in total. The molecule has 0 amide bonds. The summed E-state index contributed by atoms with van der Waals surface area (Å²) in [4.78, 5) is 9.06. The second kappa shape index (κ2) is 6.07. The number of hydrogen-bond donors (Lipinski definition) is 1. The highest BCUT2D eigenvalue weighted by Crippen LogP contribution is 2.34. The van der Waals surface area contributed by atoms with Crippen LogP contribution in [-0.2, 0) is 9.09 Å². The molecule has 2 aromatic carbocycles. The van der Waals surface area contributed by atoms with E-state index in [-0.39, 0.29) is 0 Å². The van der Waals surface area contributed by atoms with Gasteiger partial charge in [-0.05, 0) is 36.1 Å². The molecule has 2 rings (SSSR count). The Bertz CT molecular complexity index is 581. The first-order chi connectivity index (χ1) is 9.08. The molecule has 0 aliphatic heterocycles. The summed E-state index contributed by atoms with van der Waals surface area (Å²) in [5.41, 5.74) is 4.06. The minimum Gasteiger partial charge on any atom is -0.133 e. The molecule has 0 aliphatic carbocycles. The van der Waals surface area contributed by atoms with Gasteiger partial charge in [0.25, 0.3) is 0 Å². The molecule has 4 heteroatoms. The quantitative estimate of drug-likeness (QED) is 0.856. The van der Waals surface area contributed by atoms with Crippen LogP contribution in [0.2, 0.25) is 0 Å². The van der Waals surface area contributed by atoms with Crippen molar-refractivity contribution in [2.24, 2.45) is 0 Å². The maximum absolute atomic E-state index is 11.0. The zero-order valence-corrected chi connectivity index (χ0v) is 11.8.